The van der Waals surface area contributed by atoms with Crippen molar-refractivity contribution in [3.05, 3.63) is 33.9 Å². The Morgan fingerprint density at radius 3 is 2.95 bits per heavy atom. The first kappa shape index (κ1) is 12.2. The van der Waals surface area contributed by atoms with Gasteiger partial charge in [0.25, 0.3) is 0 Å². The van der Waals surface area contributed by atoms with Crippen LogP contribution in [0.2, 0.25) is 0 Å². The molecule has 19 heavy (non-hydrogen) atoms. The highest BCUT2D eigenvalue weighted by atomic mass is 79.9. The number of hydrogen-bond acceptors (Lipinski definition) is 3. The number of aryl methyl sites for hydroxylation is 1. The zero-order valence-electron chi connectivity index (χ0n) is 10.2. The summed E-state index contributed by atoms with van der Waals surface area (Å²) in [6.07, 6.45) is 0.866. The van der Waals surface area contributed by atoms with Crippen molar-refractivity contribution in [2.75, 3.05) is 6.61 Å². The number of fused-ring (bicyclic) bond motifs is 1. The standard InChI is InChI=1S/C13H11BrN2O3/c1-16-11(6-10(15-16)13(17)18)8-4-7-2-3-19-12(7)9(14)5-8/h4-6H,2-3H2,1H3,(H,17,18). The lowest BCUT2D eigenvalue weighted by Crippen LogP contribution is -1.99. The second-order valence-corrected chi connectivity index (χ2v) is 5.24. The van der Waals surface area contributed by atoms with Gasteiger partial charge < -0.3 is 9.84 Å². The predicted octanol–water partition coefficient (Wildman–Crippen LogP) is 2.48. The maximum absolute atomic E-state index is 10.9. The van der Waals surface area contributed by atoms with Gasteiger partial charge in [-0.15, -0.1) is 0 Å². The van der Waals surface area contributed by atoms with Gasteiger partial charge in [0.15, 0.2) is 5.69 Å². The lowest BCUT2D eigenvalue weighted by molar-refractivity contribution is 0.0689. The van der Waals surface area contributed by atoms with Crippen LogP contribution >= 0.6 is 15.9 Å². The Hall–Kier alpha value is -1.82. The molecule has 5 nitrogen and oxygen atoms in total. The smallest absolute Gasteiger partial charge is 0.356 e. The van der Waals surface area contributed by atoms with Gasteiger partial charge in [-0.1, -0.05) is 0 Å². The van der Waals surface area contributed by atoms with Gasteiger partial charge in [-0.3, -0.25) is 4.68 Å². The van der Waals surface area contributed by atoms with E-state index in [4.69, 9.17) is 9.84 Å². The van der Waals surface area contributed by atoms with Crippen molar-refractivity contribution in [1.29, 1.82) is 0 Å². The molecule has 0 unspecified atom stereocenters. The minimum absolute atomic E-state index is 0.0466. The number of rotatable bonds is 2. The molecular weight excluding hydrogens is 312 g/mol. The lowest BCUT2D eigenvalue weighted by atomic mass is 10.1. The number of aromatic nitrogens is 2. The van der Waals surface area contributed by atoms with Crippen molar-refractivity contribution in [3.8, 4) is 17.0 Å². The van der Waals surface area contributed by atoms with Crippen LogP contribution in [0.15, 0.2) is 22.7 Å². The van der Waals surface area contributed by atoms with Crippen LogP contribution in [0, 0.1) is 0 Å². The number of nitrogens with zero attached hydrogens (tertiary/aromatic N) is 2. The van der Waals surface area contributed by atoms with Gasteiger partial charge in [-0.25, -0.2) is 4.79 Å². The highest BCUT2D eigenvalue weighted by Gasteiger charge is 2.19. The molecule has 6 heteroatoms. The van der Waals surface area contributed by atoms with E-state index >= 15 is 0 Å². The maximum Gasteiger partial charge on any atom is 0.356 e. The van der Waals surface area contributed by atoms with Gasteiger partial charge in [0.2, 0.25) is 0 Å². The summed E-state index contributed by atoms with van der Waals surface area (Å²) in [6, 6.07) is 5.52. The molecule has 0 saturated heterocycles. The third kappa shape index (κ3) is 2.02. The zero-order chi connectivity index (χ0) is 13.6. The SMILES string of the molecule is Cn1nc(C(=O)O)cc1-c1cc(Br)c2c(c1)CCO2. The minimum atomic E-state index is -1.02. The molecule has 0 fully saturated rings. The molecule has 1 N–H and O–H groups in total. The third-order valence-electron chi connectivity index (χ3n) is 3.13. The van der Waals surface area contributed by atoms with E-state index in [1.54, 1.807) is 17.8 Å². The van der Waals surface area contributed by atoms with Crippen LogP contribution in [-0.2, 0) is 13.5 Å². The van der Waals surface area contributed by atoms with Crippen molar-refractivity contribution in [2.24, 2.45) is 7.05 Å². The van der Waals surface area contributed by atoms with E-state index in [1.807, 2.05) is 12.1 Å². The fourth-order valence-corrected chi connectivity index (χ4v) is 2.87. The zero-order valence-corrected chi connectivity index (χ0v) is 11.8. The summed E-state index contributed by atoms with van der Waals surface area (Å²) in [5.41, 5.74) is 2.87. The van der Waals surface area contributed by atoms with Crippen molar-refractivity contribution in [2.45, 2.75) is 6.42 Å². The van der Waals surface area contributed by atoms with E-state index in [9.17, 15) is 4.79 Å². The molecule has 2 aromatic rings. The fourth-order valence-electron chi connectivity index (χ4n) is 2.25. The van der Waals surface area contributed by atoms with Crippen LogP contribution < -0.4 is 4.74 Å². The van der Waals surface area contributed by atoms with Gasteiger partial charge in [-0.05, 0) is 39.7 Å². The Kier molecular flexibility index (Phi) is 2.82. The van der Waals surface area contributed by atoms with Crippen molar-refractivity contribution >= 4 is 21.9 Å². The molecule has 0 saturated carbocycles. The van der Waals surface area contributed by atoms with E-state index < -0.39 is 5.97 Å². The number of benzene rings is 1. The first-order valence-electron chi connectivity index (χ1n) is 5.79. The summed E-state index contributed by atoms with van der Waals surface area (Å²) < 4.78 is 7.99. The normalized spacial score (nSPS) is 13.2. The summed E-state index contributed by atoms with van der Waals surface area (Å²) in [6.45, 7) is 0.684. The number of aromatic carboxylic acids is 1. The molecule has 1 aliphatic heterocycles. The lowest BCUT2D eigenvalue weighted by Gasteiger charge is -2.07. The number of ether oxygens (including phenoxy) is 1. The van der Waals surface area contributed by atoms with E-state index in [2.05, 4.69) is 21.0 Å². The van der Waals surface area contributed by atoms with Gasteiger partial charge in [0, 0.05) is 19.0 Å². The molecule has 1 aromatic carbocycles. The Labute approximate surface area is 117 Å². The average molecular weight is 323 g/mol. The molecule has 0 spiro atoms. The molecular formula is C13H11BrN2O3. The maximum atomic E-state index is 10.9. The minimum Gasteiger partial charge on any atom is -0.492 e. The third-order valence-corrected chi connectivity index (χ3v) is 3.72. The Morgan fingerprint density at radius 2 is 2.26 bits per heavy atom. The molecule has 1 aromatic heterocycles. The highest BCUT2D eigenvalue weighted by molar-refractivity contribution is 9.10. The summed E-state index contributed by atoms with van der Waals surface area (Å²) in [7, 11) is 1.74. The van der Waals surface area contributed by atoms with E-state index in [-0.39, 0.29) is 5.69 Å². The molecule has 0 radical (unpaired) electrons. The second-order valence-electron chi connectivity index (χ2n) is 4.39. The second kappa shape index (κ2) is 4.38. The van der Waals surface area contributed by atoms with E-state index in [1.165, 1.54) is 0 Å². The topological polar surface area (TPSA) is 64.4 Å². The number of carboxylic acid groups (broad SMARTS) is 1. The molecule has 0 amide bonds. The van der Waals surface area contributed by atoms with Gasteiger partial charge in [0.05, 0.1) is 16.8 Å². The Bertz CT molecular complexity index is 679. The Morgan fingerprint density at radius 1 is 1.47 bits per heavy atom. The first-order chi connectivity index (χ1) is 9.06. The van der Waals surface area contributed by atoms with Crippen molar-refractivity contribution < 1.29 is 14.6 Å². The average Bonchev–Trinajstić information content (AvgIpc) is 2.95. The predicted molar refractivity (Wildman–Crippen MR) is 72.5 cm³/mol. The molecule has 0 bridgehead atoms. The van der Waals surface area contributed by atoms with Gasteiger partial charge >= 0.3 is 5.97 Å². The Balaban J connectivity index is 2.12. The fraction of sp³-hybridized carbons (Fsp3) is 0.231. The van der Waals surface area contributed by atoms with Crippen LogP contribution in [0.5, 0.6) is 5.75 Å². The van der Waals surface area contributed by atoms with Crippen LogP contribution in [0.1, 0.15) is 16.1 Å². The van der Waals surface area contributed by atoms with E-state index in [0.29, 0.717) is 6.61 Å². The quantitative estimate of drug-likeness (QED) is 0.922. The van der Waals surface area contributed by atoms with Crippen LogP contribution in [-0.4, -0.2) is 27.5 Å². The summed E-state index contributed by atoms with van der Waals surface area (Å²) >= 11 is 3.48. The summed E-state index contributed by atoms with van der Waals surface area (Å²) in [5, 5.41) is 13.0. The number of halogens is 1. The molecule has 2 heterocycles. The van der Waals surface area contributed by atoms with Crippen LogP contribution in [0.4, 0.5) is 0 Å². The molecule has 0 atom stereocenters. The molecule has 3 rings (SSSR count). The number of carbonyl (C=O) groups is 1. The number of hydrogen-bond donors (Lipinski definition) is 1. The summed E-state index contributed by atoms with van der Waals surface area (Å²) in [5.74, 6) is -0.144. The van der Waals surface area contributed by atoms with Crippen LogP contribution in [0.3, 0.4) is 0 Å². The monoisotopic (exact) mass is 322 g/mol. The molecule has 0 aliphatic carbocycles. The summed E-state index contributed by atoms with van der Waals surface area (Å²) in [4.78, 5) is 10.9. The molecule has 1 aliphatic rings. The van der Waals surface area contributed by atoms with Crippen LogP contribution in [0.25, 0.3) is 11.3 Å². The number of carboxylic acids is 1. The van der Waals surface area contributed by atoms with Crippen molar-refractivity contribution in [1.82, 2.24) is 9.78 Å². The first-order valence-corrected chi connectivity index (χ1v) is 6.58. The molecule has 98 valence electrons. The highest BCUT2D eigenvalue weighted by Crippen LogP contribution is 2.37. The van der Waals surface area contributed by atoms with Crippen molar-refractivity contribution in [3.63, 3.8) is 0 Å². The van der Waals surface area contributed by atoms with Gasteiger partial charge in [0.1, 0.15) is 5.75 Å². The van der Waals surface area contributed by atoms with Gasteiger partial charge in [-0.2, -0.15) is 5.10 Å². The van der Waals surface area contributed by atoms with E-state index in [0.717, 1.165) is 33.5 Å². The largest absolute Gasteiger partial charge is 0.492 e.